The van der Waals surface area contributed by atoms with Gasteiger partial charge in [-0.15, -0.1) is 0 Å². The molecule has 1 fully saturated rings. The Labute approximate surface area is 114 Å². The van der Waals surface area contributed by atoms with Crippen molar-refractivity contribution in [2.24, 2.45) is 11.5 Å². The zero-order valence-corrected chi connectivity index (χ0v) is 11.6. The fourth-order valence-electron chi connectivity index (χ4n) is 2.62. The third-order valence-electron chi connectivity index (χ3n) is 3.41. The van der Waals surface area contributed by atoms with E-state index in [0.29, 0.717) is 0 Å². The molecule has 0 saturated carbocycles. The van der Waals surface area contributed by atoms with Crippen molar-refractivity contribution in [3.63, 3.8) is 0 Å². The zero-order chi connectivity index (χ0) is 13.8. The van der Waals surface area contributed by atoms with Crippen LogP contribution in [-0.2, 0) is 6.54 Å². The Morgan fingerprint density at radius 1 is 1.05 bits per heavy atom. The van der Waals surface area contributed by atoms with Crippen LogP contribution in [0.4, 0.5) is 0 Å². The van der Waals surface area contributed by atoms with Crippen molar-refractivity contribution < 1.29 is 9.47 Å². The SMILES string of the molecule is COc1cc(CN2C[C@H](N)C[C@H](N)C2)cc(OC)c1. The van der Waals surface area contributed by atoms with E-state index in [9.17, 15) is 0 Å². The molecule has 2 atom stereocenters. The second-order valence-electron chi connectivity index (χ2n) is 5.17. The summed E-state index contributed by atoms with van der Waals surface area (Å²) in [6.45, 7) is 2.58. The van der Waals surface area contributed by atoms with E-state index in [0.717, 1.165) is 43.1 Å². The zero-order valence-electron chi connectivity index (χ0n) is 11.6. The van der Waals surface area contributed by atoms with Gasteiger partial charge in [0.1, 0.15) is 11.5 Å². The van der Waals surface area contributed by atoms with Crippen LogP contribution in [-0.4, -0.2) is 44.3 Å². The number of hydrogen-bond donors (Lipinski definition) is 2. The number of ether oxygens (including phenoxy) is 2. The minimum atomic E-state index is 0.163. The van der Waals surface area contributed by atoms with E-state index >= 15 is 0 Å². The quantitative estimate of drug-likeness (QED) is 0.832. The number of nitrogens with two attached hydrogens (primary N) is 2. The Morgan fingerprint density at radius 2 is 1.58 bits per heavy atom. The summed E-state index contributed by atoms with van der Waals surface area (Å²) in [5, 5.41) is 0. The van der Waals surface area contributed by atoms with E-state index in [1.807, 2.05) is 18.2 Å². The van der Waals surface area contributed by atoms with Crippen LogP contribution in [0.3, 0.4) is 0 Å². The van der Waals surface area contributed by atoms with Crippen LogP contribution in [0.1, 0.15) is 12.0 Å². The van der Waals surface area contributed by atoms with Crippen molar-refractivity contribution in [2.45, 2.75) is 25.0 Å². The molecule has 19 heavy (non-hydrogen) atoms. The summed E-state index contributed by atoms with van der Waals surface area (Å²) in [6.07, 6.45) is 0.901. The average molecular weight is 265 g/mol. The van der Waals surface area contributed by atoms with Crippen LogP contribution in [0.15, 0.2) is 18.2 Å². The molecule has 0 spiro atoms. The molecular formula is C14H23N3O2. The molecule has 1 aliphatic heterocycles. The molecule has 1 aliphatic rings. The summed E-state index contributed by atoms with van der Waals surface area (Å²) >= 11 is 0. The molecule has 0 bridgehead atoms. The molecule has 106 valence electrons. The van der Waals surface area contributed by atoms with Crippen molar-refractivity contribution >= 4 is 0 Å². The number of rotatable bonds is 4. The van der Waals surface area contributed by atoms with Gasteiger partial charge in [-0.1, -0.05) is 0 Å². The van der Waals surface area contributed by atoms with Gasteiger partial charge in [-0.2, -0.15) is 0 Å². The lowest BCUT2D eigenvalue weighted by atomic mass is 10.0. The predicted octanol–water partition coefficient (Wildman–Crippen LogP) is 0.564. The van der Waals surface area contributed by atoms with Gasteiger partial charge in [0.15, 0.2) is 0 Å². The minimum Gasteiger partial charge on any atom is -0.497 e. The van der Waals surface area contributed by atoms with Crippen LogP contribution in [0, 0.1) is 0 Å². The van der Waals surface area contributed by atoms with Gasteiger partial charge < -0.3 is 20.9 Å². The normalized spacial score (nSPS) is 24.2. The van der Waals surface area contributed by atoms with Crippen molar-refractivity contribution in [2.75, 3.05) is 27.3 Å². The summed E-state index contributed by atoms with van der Waals surface area (Å²) in [7, 11) is 3.32. The second-order valence-corrected chi connectivity index (χ2v) is 5.17. The number of hydrogen-bond acceptors (Lipinski definition) is 5. The van der Waals surface area contributed by atoms with E-state index in [1.165, 1.54) is 0 Å². The third-order valence-corrected chi connectivity index (χ3v) is 3.41. The maximum absolute atomic E-state index is 6.01. The van der Waals surface area contributed by atoms with Gasteiger partial charge in [0.25, 0.3) is 0 Å². The first-order valence-corrected chi connectivity index (χ1v) is 6.56. The van der Waals surface area contributed by atoms with Gasteiger partial charge in [0.05, 0.1) is 14.2 Å². The van der Waals surface area contributed by atoms with Crippen LogP contribution < -0.4 is 20.9 Å². The van der Waals surface area contributed by atoms with E-state index in [1.54, 1.807) is 14.2 Å². The Kier molecular flexibility index (Phi) is 4.63. The molecule has 0 unspecified atom stereocenters. The summed E-state index contributed by atoms with van der Waals surface area (Å²) in [5.74, 6) is 1.61. The number of piperidine rings is 1. The van der Waals surface area contributed by atoms with Crippen LogP contribution >= 0.6 is 0 Å². The van der Waals surface area contributed by atoms with E-state index in [2.05, 4.69) is 4.90 Å². The van der Waals surface area contributed by atoms with Crippen molar-refractivity contribution in [3.05, 3.63) is 23.8 Å². The first kappa shape index (κ1) is 14.1. The number of likely N-dealkylation sites (tertiary alicyclic amines) is 1. The summed E-state index contributed by atoms with van der Waals surface area (Å²) in [4.78, 5) is 2.28. The molecule has 2 rings (SSSR count). The minimum absolute atomic E-state index is 0.163. The van der Waals surface area contributed by atoms with Crippen molar-refractivity contribution in [1.29, 1.82) is 0 Å². The lowest BCUT2D eigenvalue weighted by Crippen LogP contribution is -2.51. The van der Waals surface area contributed by atoms with Gasteiger partial charge in [-0.25, -0.2) is 0 Å². The molecule has 0 aromatic heterocycles. The van der Waals surface area contributed by atoms with Gasteiger partial charge in [-0.05, 0) is 24.1 Å². The monoisotopic (exact) mass is 265 g/mol. The molecule has 1 saturated heterocycles. The molecular weight excluding hydrogens is 242 g/mol. The molecule has 1 heterocycles. The molecule has 1 aromatic carbocycles. The lowest BCUT2D eigenvalue weighted by Gasteiger charge is -2.34. The van der Waals surface area contributed by atoms with E-state index in [-0.39, 0.29) is 12.1 Å². The fourth-order valence-corrected chi connectivity index (χ4v) is 2.62. The second kappa shape index (κ2) is 6.23. The third kappa shape index (κ3) is 3.83. The highest BCUT2D eigenvalue weighted by atomic mass is 16.5. The van der Waals surface area contributed by atoms with Crippen molar-refractivity contribution in [1.82, 2.24) is 4.90 Å². The van der Waals surface area contributed by atoms with Gasteiger partial charge in [0, 0.05) is 37.8 Å². The van der Waals surface area contributed by atoms with Crippen LogP contribution in [0.5, 0.6) is 11.5 Å². The van der Waals surface area contributed by atoms with E-state index in [4.69, 9.17) is 20.9 Å². The summed E-state index contributed by atoms with van der Waals surface area (Å²) in [6, 6.07) is 6.24. The molecule has 1 aromatic rings. The van der Waals surface area contributed by atoms with Crippen LogP contribution in [0.25, 0.3) is 0 Å². The highest BCUT2D eigenvalue weighted by Crippen LogP contribution is 2.24. The fraction of sp³-hybridized carbons (Fsp3) is 0.571. The standard InChI is InChI=1S/C14H23N3O2/c1-18-13-3-10(4-14(6-13)19-2)7-17-8-11(15)5-12(16)9-17/h3-4,6,11-12H,5,7-9,15-16H2,1-2H3/t11-,12+. The Balaban J connectivity index is 2.09. The average Bonchev–Trinajstić information content (AvgIpc) is 2.37. The summed E-state index contributed by atoms with van der Waals surface area (Å²) < 4.78 is 10.6. The highest BCUT2D eigenvalue weighted by Gasteiger charge is 2.22. The maximum atomic E-state index is 6.01. The lowest BCUT2D eigenvalue weighted by molar-refractivity contribution is 0.182. The Hall–Kier alpha value is -1.30. The molecule has 4 N–H and O–H groups in total. The molecule has 0 radical (unpaired) electrons. The number of methoxy groups -OCH3 is 2. The predicted molar refractivity (Wildman–Crippen MR) is 75.4 cm³/mol. The maximum Gasteiger partial charge on any atom is 0.122 e. The first-order chi connectivity index (χ1) is 9.10. The van der Waals surface area contributed by atoms with Crippen molar-refractivity contribution in [3.8, 4) is 11.5 Å². The molecule has 5 heteroatoms. The highest BCUT2D eigenvalue weighted by molar-refractivity contribution is 5.38. The molecule has 5 nitrogen and oxygen atoms in total. The van der Waals surface area contributed by atoms with E-state index < -0.39 is 0 Å². The number of nitrogens with zero attached hydrogens (tertiary/aromatic N) is 1. The van der Waals surface area contributed by atoms with Crippen LogP contribution in [0.2, 0.25) is 0 Å². The van der Waals surface area contributed by atoms with Gasteiger partial charge in [-0.3, -0.25) is 4.90 Å². The summed E-state index contributed by atoms with van der Waals surface area (Å²) in [5.41, 5.74) is 13.2. The first-order valence-electron chi connectivity index (χ1n) is 6.56. The number of benzene rings is 1. The Morgan fingerprint density at radius 3 is 2.05 bits per heavy atom. The molecule has 0 aliphatic carbocycles. The smallest absolute Gasteiger partial charge is 0.122 e. The Bertz CT molecular complexity index is 393. The molecule has 0 amide bonds. The van der Waals surface area contributed by atoms with Gasteiger partial charge >= 0.3 is 0 Å². The van der Waals surface area contributed by atoms with Gasteiger partial charge in [0.2, 0.25) is 0 Å². The topological polar surface area (TPSA) is 73.7 Å². The largest absolute Gasteiger partial charge is 0.497 e.